The van der Waals surface area contributed by atoms with Gasteiger partial charge in [-0.2, -0.15) is 0 Å². The van der Waals surface area contributed by atoms with Crippen molar-refractivity contribution < 1.29 is 4.92 Å². The summed E-state index contributed by atoms with van der Waals surface area (Å²) in [4.78, 5) is 18.9. The van der Waals surface area contributed by atoms with Crippen molar-refractivity contribution in [2.45, 2.75) is 13.5 Å². The van der Waals surface area contributed by atoms with Gasteiger partial charge in [0.05, 0.1) is 23.6 Å². The van der Waals surface area contributed by atoms with Crippen molar-refractivity contribution in [1.29, 1.82) is 0 Å². The van der Waals surface area contributed by atoms with Gasteiger partial charge in [-0.3, -0.25) is 10.1 Å². The van der Waals surface area contributed by atoms with Crippen molar-refractivity contribution in [3.63, 3.8) is 0 Å². The summed E-state index contributed by atoms with van der Waals surface area (Å²) < 4.78 is 0. The van der Waals surface area contributed by atoms with Crippen LogP contribution in [0.3, 0.4) is 0 Å². The van der Waals surface area contributed by atoms with Crippen LogP contribution in [0.5, 0.6) is 0 Å². The predicted molar refractivity (Wildman–Crippen MR) is 74.6 cm³/mol. The molecule has 100 valence electrons. The van der Waals surface area contributed by atoms with E-state index in [2.05, 4.69) is 20.6 Å². The van der Waals surface area contributed by atoms with Crippen LogP contribution in [0.25, 0.3) is 0 Å². The van der Waals surface area contributed by atoms with E-state index in [-0.39, 0.29) is 5.69 Å². The van der Waals surface area contributed by atoms with E-state index in [0.717, 1.165) is 10.7 Å². The van der Waals surface area contributed by atoms with Crippen LogP contribution in [-0.4, -0.2) is 21.9 Å². The number of thiazole rings is 1. The Balaban J connectivity index is 2.15. The van der Waals surface area contributed by atoms with Gasteiger partial charge in [0.25, 0.3) is 5.69 Å². The lowest BCUT2D eigenvalue weighted by Crippen LogP contribution is -2.04. The fourth-order valence-corrected chi connectivity index (χ4v) is 2.20. The molecular formula is C11H13N5O2S. The standard InChI is InChI=1S/C11H13N5O2S/c1-7-6-19-11(14-7)5-13-10-4-8(16(17)18)3-9(12-2)15-10/h3-4,6H,5H2,1-2H3,(H2,12,13,15). The second-order valence-corrected chi connectivity index (χ2v) is 4.78. The van der Waals surface area contributed by atoms with Crippen molar-refractivity contribution in [2.75, 3.05) is 17.7 Å². The van der Waals surface area contributed by atoms with Crippen molar-refractivity contribution in [3.05, 3.63) is 38.3 Å². The lowest BCUT2D eigenvalue weighted by molar-refractivity contribution is -0.384. The minimum Gasteiger partial charge on any atom is -0.373 e. The molecule has 0 aliphatic rings. The Hall–Kier alpha value is -2.22. The van der Waals surface area contributed by atoms with Gasteiger partial charge in [0.2, 0.25) is 0 Å². The molecule has 2 rings (SSSR count). The Morgan fingerprint density at radius 3 is 2.68 bits per heavy atom. The highest BCUT2D eigenvalue weighted by atomic mass is 32.1. The minimum atomic E-state index is -0.443. The summed E-state index contributed by atoms with van der Waals surface area (Å²) >= 11 is 1.54. The number of hydrogen-bond donors (Lipinski definition) is 2. The van der Waals surface area contributed by atoms with Gasteiger partial charge >= 0.3 is 0 Å². The molecule has 0 spiro atoms. The van der Waals surface area contributed by atoms with Crippen molar-refractivity contribution in [1.82, 2.24) is 9.97 Å². The van der Waals surface area contributed by atoms with Gasteiger partial charge in [-0.05, 0) is 6.92 Å². The zero-order valence-electron chi connectivity index (χ0n) is 10.5. The summed E-state index contributed by atoms with van der Waals surface area (Å²) in [6.45, 7) is 2.42. The van der Waals surface area contributed by atoms with E-state index in [1.807, 2.05) is 12.3 Å². The Labute approximate surface area is 113 Å². The maximum Gasteiger partial charge on any atom is 0.276 e. The van der Waals surface area contributed by atoms with Gasteiger partial charge in [-0.1, -0.05) is 0 Å². The number of anilines is 2. The van der Waals surface area contributed by atoms with Gasteiger partial charge < -0.3 is 10.6 Å². The molecule has 2 aromatic rings. The SMILES string of the molecule is CNc1cc([N+](=O)[O-])cc(NCc2nc(C)cs2)n1. The highest BCUT2D eigenvalue weighted by molar-refractivity contribution is 7.09. The molecule has 0 aromatic carbocycles. The zero-order valence-corrected chi connectivity index (χ0v) is 11.3. The van der Waals surface area contributed by atoms with Crippen LogP contribution in [0.15, 0.2) is 17.5 Å². The first-order chi connectivity index (χ1) is 9.08. The largest absolute Gasteiger partial charge is 0.373 e. The number of nitrogens with zero attached hydrogens (tertiary/aromatic N) is 3. The van der Waals surface area contributed by atoms with Gasteiger partial charge in [-0.15, -0.1) is 11.3 Å². The summed E-state index contributed by atoms with van der Waals surface area (Å²) in [6, 6.07) is 2.79. The smallest absolute Gasteiger partial charge is 0.276 e. The molecule has 0 saturated carbocycles. The summed E-state index contributed by atoms with van der Waals surface area (Å²) in [5.41, 5.74) is 0.960. The van der Waals surface area contributed by atoms with Crippen LogP contribution in [0.1, 0.15) is 10.7 Å². The number of hydrogen-bond acceptors (Lipinski definition) is 7. The number of aryl methyl sites for hydroxylation is 1. The maximum atomic E-state index is 10.8. The van der Waals surface area contributed by atoms with Crippen LogP contribution >= 0.6 is 11.3 Å². The number of rotatable bonds is 5. The van der Waals surface area contributed by atoms with E-state index in [9.17, 15) is 10.1 Å². The molecule has 0 aliphatic heterocycles. The van der Waals surface area contributed by atoms with E-state index in [0.29, 0.717) is 18.2 Å². The van der Waals surface area contributed by atoms with Gasteiger partial charge in [-0.25, -0.2) is 9.97 Å². The third-order valence-electron chi connectivity index (χ3n) is 2.36. The number of aromatic nitrogens is 2. The summed E-state index contributed by atoms with van der Waals surface area (Å²) in [5, 5.41) is 19.5. The van der Waals surface area contributed by atoms with Gasteiger partial charge in [0.1, 0.15) is 16.6 Å². The third-order valence-corrected chi connectivity index (χ3v) is 3.33. The lowest BCUT2D eigenvalue weighted by Gasteiger charge is -2.06. The second kappa shape index (κ2) is 5.61. The Bertz CT molecular complexity index is 599. The average molecular weight is 279 g/mol. The summed E-state index contributed by atoms with van der Waals surface area (Å²) in [5.74, 6) is 0.901. The maximum absolute atomic E-state index is 10.8. The summed E-state index contributed by atoms with van der Waals surface area (Å²) in [7, 11) is 1.67. The molecule has 0 unspecified atom stereocenters. The molecule has 19 heavy (non-hydrogen) atoms. The van der Waals surface area contributed by atoms with E-state index in [4.69, 9.17) is 0 Å². The molecule has 0 atom stereocenters. The fourth-order valence-electron chi connectivity index (χ4n) is 1.49. The van der Waals surface area contributed by atoms with E-state index in [1.165, 1.54) is 23.5 Å². The molecule has 7 nitrogen and oxygen atoms in total. The van der Waals surface area contributed by atoms with E-state index in [1.54, 1.807) is 7.05 Å². The molecule has 0 radical (unpaired) electrons. The Kier molecular flexibility index (Phi) is 3.91. The topological polar surface area (TPSA) is 93.0 Å². The molecule has 0 saturated heterocycles. The van der Waals surface area contributed by atoms with Gasteiger partial charge in [0, 0.05) is 18.1 Å². The van der Waals surface area contributed by atoms with Crippen molar-refractivity contribution in [2.24, 2.45) is 0 Å². The molecule has 0 fully saturated rings. The highest BCUT2D eigenvalue weighted by Crippen LogP contribution is 2.21. The number of pyridine rings is 1. The molecule has 0 bridgehead atoms. The van der Waals surface area contributed by atoms with Gasteiger partial charge in [0.15, 0.2) is 0 Å². The third kappa shape index (κ3) is 3.38. The van der Waals surface area contributed by atoms with Crippen molar-refractivity contribution >= 4 is 28.7 Å². The van der Waals surface area contributed by atoms with Crippen LogP contribution < -0.4 is 10.6 Å². The minimum absolute atomic E-state index is 0.00262. The Morgan fingerprint density at radius 2 is 2.11 bits per heavy atom. The second-order valence-electron chi connectivity index (χ2n) is 3.84. The normalized spacial score (nSPS) is 10.2. The molecule has 2 heterocycles. The fraction of sp³-hybridized carbons (Fsp3) is 0.273. The first-order valence-electron chi connectivity index (χ1n) is 5.57. The van der Waals surface area contributed by atoms with Crippen LogP contribution in [0.4, 0.5) is 17.3 Å². The monoisotopic (exact) mass is 279 g/mol. The zero-order chi connectivity index (χ0) is 13.8. The Morgan fingerprint density at radius 1 is 1.37 bits per heavy atom. The first kappa shape index (κ1) is 13.2. The van der Waals surface area contributed by atoms with Crippen molar-refractivity contribution in [3.8, 4) is 0 Å². The average Bonchev–Trinajstić information content (AvgIpc) is 2.81. The molecule has 8 heteroatoms. The molecule has 2 aromatic heterocycles. The van der Waals surface area contributed by atoms with Crippen LogP contribution in [0, 0.1) is 17.0 Å². The number of nitro groups is 1. The van der Waals surface area contributed by atoms with Crippen LogP contribution in [-0.2, 0) is 6.54 Å². The predicted octanol–water partition coefficient (Wildman–Crippen LogP) is 2.41. The molecular weight excluding hydrogens is 266 g/mol. The highest BCUT2D eigenvalue weighted by Gasteiger charge is 2.10. The molecule has 2 N–H and O–H groups in total. The van der Waals surface area contributed by atoms with E-state index >= 15 is 0 Å². The molecule has 0 aliphatic carbocycles. The van der Waals surface area contributed by atoms with E-state index < -0.39 is 4.92 Å². The lowest BCUT2D eigenvalue weighted by atomic mass is 10.3. The molecule has 0 amide bonds. The van der Waals surface area contributed by atoms with Crippen LogP contribution in [0.2, 0.25) is 0 Å². The number of nitrogens with one attached hydrogen (secondary N) is 2. The first-order valence-corrected chi connectivity index (χ1v) is 6.45. The quantitative estimate of drug-likeness (QED) is 0.645. The summed E-state index contributed by atoms with van der Waals surface area (Å²) in [6.07, 6.45) is 0.